The molecule has 0 aliphatic rings. The van der Waals surface area contributed by atoms with Crippen molar-refractivity contribution in [2.75, 3.05) is 0 Å². The minimum absolute atomic E-state index is 0.0327. The van der Waals surface area contributed by atoms with Crippen LogP contribution in [0.2, 0.25) is 0 Å². The molecule has 0 heterocycles. The lowest BCUT2D eigenvalue weighted by molar-refractivity contribution is -0.149. The van der Waals surface area contributed by atoms with E-state index >= 15 is 0 Å². The summed E-state index contributed by atoms with van der Waals surface area (Å²) in [6, 6.07) is 3.52. The number of primary amides is 1. The van der Waals surface area contributed by atoms with Crippen LogP contribution in [-0.4, -0.2) is 51.9 Å². The summed E-state index contributed by atoms with van der Waals surface area (Å²) in [5.74, 6) is -1.43. The van der Waals surface area contributed by atoms with Gasteiger partial charge in [0.2, 0.25) is 17.7 Å². The minimum atomic E-state index is -1.13. The molecule has 0 fully saturated rings. The Morgan fingerprint density at radius 1 is 1.03 bits per heavy atom. The Kier molecular flexibility index (Phi) is 11.2. The molecule has 1 aromatic rings. The van der Waals surface area contributed by atoms with Crippen LogP contribution in [0.25, 0.3) is 0 Å². The predicted octanol–water partition coefficient (Wildman–Crippen LogP) is 4.05. The van der Waals surface area contributed by atoms with E-state index in [4.69, 9.17) is 10.5 Å². The molecule has 0 saturated carbocycles. The first-order chi connectivity index (χ1) is 16.9. The molecule has 0 aliphatic carbocycles. The van der Waals surface area contributed by atoms with E-state index in [1.54, 1.807) is 20.8 Å². The fraction of sp³-hybridized carbons (Fsp3) is 0.643. The molecule has 2 unspecified atom stereocenters. The zero-order chi connectivity index (χ0) is 28.7. The maximum atomic E-state index is 14.3. The number of hydrogen-bond acceptors (Lipinski definition) is 5. The Morgan fingerprint density at radius 3 is 2.11 bits per heavy atom. The molecule has 0 aromatic heterocycles. The molecule has 1 rings (SSSR count). The van der Waals surface area contributed by atoms with E-state index in [0.29, 0.717) is 12.0 Å². The average Bonchev–Trinajstić information content (AvgIpc) is 2.74. The van der Waals surface area contributed by atoms with Crippen molar-refractivity contribution in [3.8, 4) is 0 Å². The number of ether oxygens (including phenoxy) is 1. The van der Waals surface area contributed by atoms with Crippen LogP contribution in [0.15, 0.2) is 18.2 Å². The highest BCUT2D eigenvalue weighted by molar-refractivity contribution is 5.93. The average molecular weight is 519 g/mol. The molecule has 2 atom stereocenters. The molecular weight excluding hydrogens is 472 g/mol. The number of nitrogens with two attached hydrogens (primary N) is 1. The zero-order valence-electron chi connectivity index (χ0n) is 24.2. The summed E-state index contributed by atoms with van der Waals surface area (Å²) in [5.41, 5.74) is 6.30. The highest BCUT2D eigenvalue weighted by atomic mass is 16.6. The number of carbonyl (C=O) groups is 4. The quantitative estimate of drug-likeness (QED) is 0.407. The van der Waals surface area contributed by atoms with Crippen LogP contribution in [0.1, 0.15) is 97.4 Å². The Bertz CT molecular complexity index is 981. The van der Waals surface area contributed by atoms with E-state index in [9.17, 15) is 19.2 Å². The summed E-state index contributed by atoms with van der Waals surface area (Å²) in [6.45, 7) is 18.4. The molecule has 4 amide bonds. The van der Waals surface area contributed by atoms with Gasteiger partial charge in [-0.15, -0.1) is 0 Å². The van der Waals surface area contributed by atoms with E-state index in [1.807, 2.05) is 66.7 Å². The first kappa shape index (κ1) is 31.9. The lowest BCUT2D eigenvalue weighted by Gasteiger charge is -2.45. The third-order valence-electron chi connectivity index (χ3n) is 6.09. The van der Waals surface area contributed by atoms with Crippen molar-refractivity contribution in [3.63, 3.8) is 0 Å². The van der Waals surface area contributed by atoms with Gasteiger partial charge in [-0.25, -0.2) is 4.79 Å². The van der Waals surface area contributed by atoms with Crippen LogP contribution in [0.3, 0.4) is 0 Å². The summed E-state index contributed by atoms with van der Waals surface area (Å²) in [4.78, 5) is 53.9. The maximum absolute atomic E-state index is 14.3. The van der Waals surface area contributed by atoms with Crippen molar-refractivity contribution < 1.29 is 23.9 Å². The Hall–Kier alpha value is -3.10. The number of carbonyl (C=O) groups excluding carboxylic acids is 4. The largest absolute Gasteiger partial charge is 0.444 e. The normalized spacial score (nSPS) is 13.5. The number of aryl methyl sites for hydroxylation is 2. The summed E-state index contributed by atoms with van der Waals surface area (Å²) >= 11 is 0. The molecule has 208 valence electrons. The van der Waals surface area contributed by atoms with E-state index in [1.165, 1.54) is 4.90 Å². The van der Waals surface area contributed by atoms with Crippen LogP contribution in [0, 0.1) is 13.8 Å². The Balaban J connectivity index is 3.73. The first-order valence-corrected chi connectivity index (χ1v) is 12.9. The van der Waals surface area contributed by atoms with E-state index in [-0.39, 0.29) is 24.8 Å². The fourth-order valence-corrected chi connectivity index (χ4v) is 3.92. The van der Waals surface area contributed by atoms with Crippen LogP contribution < -0.4 is 16.4 Å². The van der Waals surface area contributed by atoms with Gasteiger partial charge in [0.05, 0.1) is 0 Å². The number of amides is 4. The van der Waals surface area contributed by atoms with Gasteiger partial charge in [-0.1, -0.05) is 30.7 Å². The Morgan fingerprint density at radius 2 is 1.62 bits per heavy atom. The lowest BCUT2D eigenvalue weighted by Crippen LogP contribution is -2.59. The van der Waals surface area contributed by atoms with Gasteiger partial charge in [0.25, 0.3) is 0 Å². The second-order valence-electron chi connectivity index (χ2n) is 11.5. The predicted molar refractivity (Wildman–Crippen MR) is 145 cm³/mol. The molecule has 9 nitrogen and oxygen atoms in total. The molecule has 0 aliphatic heterocycles. The van der Waals surface area contributed by atoms with Crippen molar-refractivity contribution in [1.82, 2.24) is 15.5 Å². The highest BCUT2D eigenvalue weighted by Crippen LogP contribution is 2.34. The van der Waals surface area contributed by atoms with Crippen LogP contribution in [0.4, 0.5) is 4.79 Å². The van der Waals surface area contributed by atoms with Crippen LogP contribution in [0.5, 0.6) is 0 Å². The van der Waals surface area contributed by atoms with Crippen molar-refractivity contribution in [2.45, 2.75) is 118 Å². The molecule has 0 spiro atoms. The monoisotopic (exact) mass is 518 g/mol. The van der Waals surface area contributed by atoms with Gasteiger partial charge in [0.15, 0.2) is 0 Å². The van der Waals surface area contributed by atoms with E-state index in [2.05, 4.69) is 10.6 Å². The highest BCUT2D eigenvalue weighted by Gasteiger charge is 2.43. The third kappa shape index (κ3) is 9.70. The Labute approximate surface area is 221 Å². The summed E-state index contributed by atoms with van der Waals surface area (Å²) in [7, 11) is 0. The number of benzene rings is 1. The van der Waals surface area contributed by atoms with Gasteiger partial charge in [-0.05, 0) is 86.3 Å². The summed E-state index contributed by atoms with van der Waals surface area (Å²) in [6.07, 6.45) is -0.419. The number of hydrogen-bond donors (Lipinski definition) is 3. The third-order valence-corrected chi connectivity index (χ3v) is 6.09. The van der Waals surface area contributed by atoms with Gasteiger partial charge < -0.3 is 26.0 Å². The smallest absolute Gasteiger partial charge is 0.408 e. The van der Waals surface area contributed by atoms with Gasteiger partial charge in [-0.2, -0.15) is 0 Å². The van der Waals surface area contributed by atoms with Gasteiger partial charge in [-0.3, -0.25) is 14.4 Å². The molecule has 1 aromatic carbocycles. The molecule has 4 N–H and O–H groups in total. The topological polar surface area (TPSA) is 131 Å². The molecule has 0 saturated heterocycles. The van der Waals surface area contributed by atoms with Gasteiger partial charge in [0.1, 0.15) is 17.7 Å². The number of nitrogens with one attached hydrogen (secondary N) is 2. The van der Waals surface area contributed by atoms with Crippen LogP contribution in [-0.2, 0) is 19.1 Å². The zero-order valence-corrected chi connectivity index (χ0v) is 24.2. The molecule has 9 heteroatoms. The van der Waals surface area contributed by atoms with Gasteiger partial charge in [0, 0.05) is 18.0 Å². The van der Waals surface area contributed by atoms with Crippen LogP contribution >= 0.6 is 0 Å². The van der Waals surface area contributed by atoms with Crippen molar-refractivity contribution in [3.05, 3.63) is 34.9 Å². The van der Waals surface area contributed by atoms with Gasteiger partial charge >= 0.3 is 6.09 Å². The number of nitrogens with zero attached hydrogens (tertiary/aromatic N) is 1. The lowest BCUT2D eigenvalue weighted by atomic mass is 9.89. The number of alkyl carbamates (subject to hydrolysis) is 1. The fourth-order valence-electron chi connectivity index (χ4n) is 3.92. The molecular formula is C28H46N4O5. The summed E-state index contributed by atoms with van der Waals surface area (Å²) < 4.78 is 5.38. The first-order valence-electron chi connectivity index (χ1n) is 12.9. The minimum Gasteiger partial charge on any atom is -0.444 e. The standard InChI is InChI=1S/C28H46N4O5/c1-11-28(9,10)32(23(24(34)30-17(2)3)20-16-18(4)12-13-19(20)5)25(35)21(14-15-22(29)33)31-26(36)37-27(6,7)8/h12-13,16-17,21,23H,11,14-15H2,1-10H3,(H2,29,33)(H,30,34)(H,31,36). The molecule has 0 bridgehead atoms. The maximum Gasteiger partial charge on any atom is 0.408 e. The van der Waals surface area contributed by atoms with Crippen molar-refractivity contribution >= 4 is 23.8 Å². The number of rotatable bonds is 11. The second-order valence-corrected chi connectivity index (χ2v) is 11.5. The SMILES string of the molecule is CCC(C)(C)N(C(=O)C(CCC(N)=O)NC(=O)OC(C)(C)C)C(C(=O)NC(C)C)c1cc(C)ccc1C. The molecule has 37 heavy (non-hydrogen) atoms. The second kappa shape index (κ2) is 12.9. The molecule has 0 radical (unpaired) electrons. The van der Waals surface area contributed by atoms with E-state index in [0.717, 1.165) is 11.1 Å². The van der Waals surface area contributed by atoms with Crippen molar-refractivity contribution in [2.24, 2.45) is 5.73 Å². The van der Waals surface area contributed by atoms with E-state index < -0.39 is 41.1 Å². The summed E-state index contributed by atoms with van der Waals surface area (Å²) in [5, 5.41) is 5.59. The van der Waals surface area contributed by atoms with Crippen molar-refractivity contribution in [1.29, 1.82) is 0 Å².